The zero-order valence-electron chi connectivity index (χ0n) is 21.5. The number of hydrogen-bond acceptors (Lipinski definition) is 4. The number of rotatable bonds is 8. The molecule has 3 unspecified atom stereocenters. The molecule has 190 valence electrons. The van der Waals surface area contributed by atoms with Crippen molar-refractivity contribution in [3.8, 4) is 0 Å². The Morgan fingerprint density at radius 1 is 0.944 bits per heavy atom. The molecule has 1 aliphatic rings. The van der Waals surface area contributed by atoms with E-state index in [1.54, 1.807) is 0 Å². The van der Waals surface area contributed by atoms with E-state index in [1.165, 1.54) is 16.7 Å². The topological polar surface area (TPSA) is 61.8 Å². The molecule has 0 saturated carbocycles. The number of aliphatic hydroxyl groups is 1. The number of aliphatic hydroxyl groups excluding tert-OH is 1. The Bertz CT molecular complexity index is 1040. The summed E-state index contributed by atoms with van der Waals surface area (Å²) in [4.78, 5) is 15.5. The predicted octanol–water partition coefficient (Wildman–Crippen LogP) is 5.59. The van der Waals surface area contributed by atoms with Crippen LogP contribution in [0.2, 0.25) is 0 Å². The van der Waals surface area contributed by atoms with Crippen LogP contribution in [0.3, 0.4) is 0 Å². The van der Waals surface area contributed by atoms with Gasteiger partial charge in [0.25, 0.3) is 0 Å². The average molecular weight is 487 g/mol. The van der Waals surface area contributed by atoms with Gasteiger partial charge in [-0.25, -0.2) is 4.79 Å². The van der Waals surface area contributed by atoms with Crippen LogP contribution >= 0.6 is 0 Å². The number of hydrogen-bond donors (Lipinski definition) is 2. The Hall–Kier alpha value is -3.15. The van der Waals surface area contributed by atoms with Crippen LogP contribution in [0.25, 0.3) is 0 Å². The fourth-order valence-corrected chi connectivity index (χ4v) is 5.44. The number of likely N-dealkylation sites (tertiary alicyclic amines) is 1. The first-order chi connectivity index (χ1) is 17.4. The minimum absolute atomic E-state index is 0.0275. The van der Waals surface area contributed by atoms with Crippen LogP contribution in [0.4, 0.5) is 4.79 Å². The van der Waals surface area contributed by atoms with Gasteiger partial charge in [0.15, 0.2) is 0 Å². The summed E-state index contributed by atoms with van der Waals surface area (Å²) in [5, 5.41) is 13.2. The summed E-state index contributed by atoms with van der Waals surface area (Å²) in [6, 6.07) is 31.3. The lowest BCUT2D eigenvalue weighted by Crippen LogP contribution is -2.51. The summed E-state index contributed by atoms with van der Waals surface area (Å²) in [5.41, 5.74) is 3.04. The first kappa shape index (κ1) is 25.9. The van der Waals surface area contributed by atoms with Gasteiger partial charge in [-0.1, -0.05) is 91.0 Å². The Kier molecular flexibility index (Phi) is 8.44. The van der Waals surface area contributed by atoms with E-state index in [0.717, 1.165) is 13.1 Å². The Balaban J connectivity index is 1.79. The normalized spacial score (nSPS) is 20.4. The molecule has 3 aromatic rings. The van der Waals surface area contributed by atoms with E-state index in [9.17, 15) is 9.90 Å². The number of nitrogens with zero attached hydrogens (tertiary/aromatic N) is 1. The number of nitrogens with one attached hydrogen (secondary N) is 1. The van der Waals surface area contributed by atoms with Crippen LogP contribution in [0, 0.1) is 5.92 Å². The maximum Gasteiger partial charge on any atom is 0.407 e. The molecular weight excluding hydrogens is 448 g/mol. The smallest absolute Gasteiger partial charge is 0.407 e. The van der Waals surface area contributed by atoms with E-state index in [1.807, 2.05) is 39.0 Å². The molecule has 3 aromatic carbocycles. The summed E-state index contributed by atoms with van der Waals surface area (Å²) in [6.45, 7) is 7.24. The second kappa shape index (κ2) is 11.7. The highest BCUT2D eigenvalue weighted by Gasteiger charge is 2.47. The molecule has 0 bridgehead atoms. The molecule has 5 heteroatoms. The van der Waals surface area contributed by atoms with Gasteiger partial charge in [-0.05, 0) is 49.8 Å². The van der Waals surface area contributed by atoms with Crippen molar-refractivity contribution in [3.63, 3.8) is 0 Å². The van der Waals surface area contributed by atoms with Crippen LogP contribution in [-0.4, -0.2) is 46.9 Å². The van der Waals surface area contributed by atoms with Gasteiger partial charge in [-0.15, -0.1) is 0 Å². The number of alkyl carbamates (subject to hydrolysis) is 1. The quantitative estimate of drug-likeness (QED) is 0.435. The van der Waals surface area contributed by atoms with Gasteiger partial charge >= 0.3 is 6.09 Å². The minimum atomic E-state index is -0.591. The number of carbonyl (C=O) groups excluding carboxylic acids is 1. The van der Waals surface area contributed by atoms with Crippen molar-refractivity contribution in [1.29, 1.82) is 0 Å². The molecule has 0 radical (unpaired) electrons. The van der Waals surface area contributed by atoms with Gasteiger partial charge < -0.3 is 15.2 Å². The Labute approximate surface area is 215 Å². The van der Waals surface area contributed by atoms with Crippen molar-refractivity contribution in [3.05, 3.63) is 108 Å². The molecule has 2 N–H and O–H groups in total. The molecule has 1 amide bonds. The lowest BCUT2D eigenvalue weighted by Gasteiger charge is -2.37. The first-order valence-corrected chi connectivity index (χ1v) is 12.8. The molecule has 0 aromatic heterocycles. The molecule has 1 heterocycles. The van der Waals surface area contributed by atoms with Crippen molar-refractivity contribution in [2.75, 3.05) is 13.2 Å². The van der Waals surface area contributed by atoms with E-state index in [-0.39, 0.29) is 30.5 Å². The Morgan fingerprint density at radius 3 is 1.97 bits per heavy atom. The van der Waals surface area contributed by atoms with E-state index >= 15 is 0 Å². The number of carbonyl (C=O) groups is 1. The highest BCUT2D eigenvalue weighted by atomic mass is 16.6. The van der Waals surface area contributed by atoms with Gasteiger partial charge in [0.2, 0.25) is 0 Å². The SMILES string of the molecule is CC(C)(C)OC(=O)NC1C(CCO)CN(Cc2ccccc2)C1C(c1ccccc1)c1ccccc1. The number of ether oxygens (including phenoxy) is 1. The maximum atomic E-state index is 13.1. The van der Waals surface area contributed by atoms with Crippen LogP contribution in [0.1, 0.15) is 49.8 Å². The lowest BCUT2D eigenvalue weighted by atomic mass is 9.80. The molecular formula is C31H38N2O3. The fraction of sp³-hybridized carbons (Fsp3) is 0.387. The number of amides is 1. The van der Waals surface area contributed by atoms with E-state index in [0.29, 0.717) is 6.42 Å². The van der Waals surface area contributed by atoms with Crippen LogP contribution in [0.15, 0.2) is 91.0 Å². The minimum Gasteiger partial charge on any atom is -0.444 e. The number of benzene rings is 3. The Morgan fingerprint density at radius 2 is 1.47 bits per heavy atom. The molecule has 1 aliphatic heterocycles. The molecule has 36 heavy (non-hydrogen) atoms. The van der Waals surface area contributed by atoms with Crippen molar-refractivity contribution in [2.24, 2.45) is 5.92 Å². The van der Waals surface area contributed by atoms with Crippen molar-refractivity contribution in [2.45, 2.75) is 57.3 Å². The molecule has 0 aliphatic carbocycles. The van der Waals surface area contributed by atoms with Gasteiger partial charge in [0.1, 0.15) is 5.60 Å². The van der Waals surface area contributed by atoms with Crippen LogP contribution in [-0.2, 0) is 11.3 Å². The van der Waals surface area contributed by atoms with Gasteiger partial charge in [0.05, 0.1) is 6.04 Å². The van der Waals surface area contributed by atoms with Crippen LogP contribution in [0.5, 0.6) is 0 Å². The second-order valence-corrected chi connectivity index (χ2v) is 10.6. The summed E-state index contributed by atoms with van der Waals surface area (Å²) in [5.74, 6) is 0.117. The van der Waals surface area contributed by atoms with Crippen molar-refractivity contribution in [1.82, 2.24) is 10.2 Å². The molecule has 1 saturated heterocycles. The monoisotopic (exact) mass is 486 g/mol. The summed E-state index contributed by atoms with van der Waals surface area (Å²) in [6.07, 6.45) is 0.195. The zero-order valence-corrected chi connectivity index (χ0v) is 21.5. The third kappa shape index (κ3) is 6.54. The highest BCUT2D eigenvalue weighted by Crippen LogP contribution is 2.40. The second-order valence-electron chi connectivity index (χ2n) is 10.6. The highest BCUT2D eigenvalue weighted by molar-refractivity contribution is 5.68. The van der Waals surface area contributed by atoms with Gasteiger partial charge in [-0.3, -0.25) is 4.90 Å². The van der Waals surface area contributed by atoms with Gasteiger partial charge in [-0.2, -0.15) is 0 Å². The van der Waals surface area contributed by atoms with E-state index < -0.39 is 11.7 Å². The van der Waals surface area contributed by atoms with E-state index in [4.69, 9.17) is 4.74 Å². The first-order valence-electron chi connectivity index (χ1n) is 12.8. The molecule has 5 nitrogen and oxygen atoms in total. The third-order valence-electron chi connectivity index (χ3n) is 6.84. The van der Waals surface area contributed by atoms with Crippen molar-refractivity contribution >= 4 is 6.09 Å². The molecule has 1 fully saturated rings. The zero-order chi connectivity index (χ0) is 25.5. The standard InChI is InChI=1S/C31H38N2O3/c1-31(2,3)36-30(35)32-28-26(19-20-34)22-33(21-23-13-7-4-8-14-23)29(28)27(24-15-9-5-10-16-24)25-17-11-6-12-18-25/h4-18,26-29,34H,19-22H2,1-3H3,(H,32,35). The lowest BCUT2D eigenvalue weighted by molar-refractivity contribution is 0.0473. The predicted molar refractivity (Wildman–Crippen MR) is 144 cm³/mol. The average Bonchev–Trinajstić information content (AvgIpc) is 3.16. The van der Waals surface area contributed by atoms with Gasteiger partial charge in [0, 0.05) is 31.7 Å². The largest absolute Gasteiger partial charge is 0.444 e. The molecule has 4 rings (SSSR count). The van der Waals surface area contributed by atoms with Crippen LogP contribution < -0.4 is 5.32 Å². The summed E-state index contributed by atoms with van der Waals surface area (Å²) < 4.78 is 5.69. The van der Waals surface area contributed by atoms with Crippen molar-refractivity contribution < 1.29 is 14.6 Å². The molecule has 0 spiro atoms. The molecule has 3 atom stereocenters. The fourth-order valence-electron chi connectivity index (χ4n) is 5.44. The maximum absolute atomic E-state index is 13.1. The summed E-state index contributed by atoms with van der Waals surface area (Å²) >= 11 is 0. The third-order valence-corrected chi connectivity index (χ3v) is 6.84. The van der Waals surface area contributed by atoms with E-state index in [2.05, 4.69) is 83.0 Å². The summed E-state index contributed by atoms with van der Waals surface area (Å²) in [7, 11) is 0.